The molecule has 0 bridgehead atoms. The Morgan fingerprint density at radius 3 is 2.59 bits per heavy atom. The van der Waals surface area contributed by atoms with Crippen LogP contribution in [0.15, 0.2) is 79.3 Å². The lowest BCUT2D eigenvalue weighted by Gasteiger charge is -2.18. The van der Waals surface area contributed by atoms with E-state index in [1.54, 1.807) is 24.7 Å². The number of nitrogens with two attached hydrogens (primary N) is 1. The second-order valence-corrected chi connectivity index (χ2v) is 9.52. The van der Waals surface area contributed by atoms with Crippen LogP contribution in [0.2, 0.25) is 0 Å². The van der Waals surface area contributed by atoms with Crippen LogP contribution in [0.4, 0.5) is 4.39 Å². The van der Waals surface area contributed by atoms with Crippen molar-refractivity contribution in [3.63, 3.8) is 0 Å². The zero-order chi connectivity index (χ0) is 25.5. The van der Waals surface area contributed by atoms with Gasteiger partial charge >= 0.3 is 0 Å². The maximum Gasteiger partial charge on any atom is 0.124 e. The van der Waals surface area contributed by atoms with E-state index in [1.165, 1.54) is 6.07 Å². The van der Waals surface area contributed by atoms with Crippen LogP contribution < -0.4 is 5.73 Å². The molecule has 4 heterocycles. The number of nitrogens with one attached hydrogen (secondary N) is 2. The highest BCUT2D eigenvalue weighted by molar-refractivity contribution is 6.01. The molecule has 6 aromatic rings. The summed E-state index contributed by atoms with van der Waals surface area (Å²) in [4.78, 5) is 14.2. The first kappa shape index (κ1) is 23.0. The molecule has 0 saturated carbocycles. The minimum absolute atomic E-state index is 0.288. The van der Waals surface area contributed by atoms with Gasteiger partial charge < -0.3 is 15.6 Å². The third kappa shape index (κ3) is 4.37. The molecule has 0 aliphatic rings. The highest BCUT2D eigenvalue weighted by Crippen LogP contribution is 2.35. The molecule has 0 aliphatic heterocycles. The number of fused-ring (bicyclic) bond motifs is 2. The van der Waals surface area contributed by atoms with Crippen LogP contribution in [0, 0.1) is 5.82 Å². The largest absolute Gasteiger partial charge is 0.353 e. The third-order valence-corrected chi connectivity index (χ3v) is 6.56. The summed E-state index contributed by atoms with van der Waals surface area (Å²) in [5.41, 5.74) is 14.1. The summed E-state index contributed by atoms with van der Waals surface area (Å²) < 4.78 is 14.7. The molecule has 0 aliphatic carbocycles. The Bertz CT molecular complexity index is 1720. The fourth-order valence-electron chi connectivity index (χ4n) is 4.82. The Kier molecular flexibility index (Phi) is 5.75. The molecule has 1 unspecified atom stereocenters. The van der Waals surface area contributed by atoms with Gasteiger partial charge in [0.2, 0.25) is 0 Å². The number of rotatable bonds is 6. The molecule has 0 amide bonds. The SMILES string of the molecule is CN(C)CC(N)c1cc(F)cc(-c2cccc3[nH]c(-c4n[nH]c5cnc(-c6ccncc6)cc45)cc23)c1. The molecule has 4 N–H and O–H groups in total. The fraction of sp³-hybridized carbons (Fsp3) is 0.138. The van der Waals surface area contributed by atoms with E-state index in [0.717, 1.165) is 61.1 Å². The van der Waals surface area contributed by atoms with E-state index in [1.807, 2.05) is 61.5 Å². The molecule has 1 atom stereocenters. The molecule has 0 saturated heterocycles. The zero-order valence-corrected chi connectivity index (χ0v) is 20.5. The number of aromatic nitrogens is 5. The Labute approximate surface area is 213 Å². The Balaban J connectivity index is 1.45. The Morgan fingerprint density at radius 1 is 0.946 bits per heavy atom. The molecule has 184 valence electrons. The molecule has 4 aromatic heterocycles. The summed E-state index contributed by atoms with van der Waals surface area (Å²) in [6.45, 7) is 0.629. The van der Waals surface area contributed by atoms with Gasteiger partial charge in [0.25, 0.3) is 0 Å². The topological polar surface area (TPSA) is 99.5 Å². The van der Waals surface area contributed by atoms with Gasteiger partial charge in [-0.15, -0.1) is 0 Å². The number of benzene rings is 2. The van der Waals surface area contributed by atoms with Crippen molar-refractivity contribution in [2.45, 2.75) is 6.04 Å². The maximum absolute atomic E-state index is 14.7. The monoisotopic (exact) mass is 491 g/mol. The van der Waals surface area contributed by atoms with Crippen molar-refractivity contribution in [3.05, 3.63) is 90.6 Å². The van der Waals surface area contributed by atoms with Crippen LogP contribution in [-0.4, -0.2) is 50.7 Å². The van der Waals surface area contributed by atoms with Gasteiger partial charge in [-0.3, -0.25) is 15.1 Å². The lowest BCUT2D eigenvalue weighted by molar-refractivity contribution is 0.376. The molecule has 0 spiro atoms. The van der Waals surface area contributed by atoms with Gasteiger partial charge in [-0.05, 0) is 79.3 Å². The van der Waals surface area contributed by atoms with Crippen molar-refractivity contribution in [2.75, 3.05) is 20.6 Å². The van der Waals surface area contributed by atoms with Crippen LogP contribution in [0.25, 0.3) is 55.6 Å². The first-order valence-corrected chi connectivity index (χ1v) is 12.0. The number of nitrogens with zero attached hydrogens (tertiary/aromatic N) is 4. The fourth-order valence-corrected chi connectivity index (χ4v) is 4.82. The third-order valence-electron chi connectivity index (χ3n) is 6.56. The average molecular weight is 492 g/mol. The van der Waals surface area contributed by atoms with E-state index < -0.39 is 0 Å². The Hall–Kier alpha value is -4.40. The Morgan fingerprint density at radius 2 is 1.78 bits per heavy atom. The van der Waals surface area contributed by atoms with Gasteiger partial charge in [0.1, 0.15) is 11.5 Å². The number of likely N-dealkylation sites (N-methyl/N-ethyl adjacent to an activating group) is 1. The molecule has 0 fully saturated rings. The summed E-state index contributed by atoms with van der Waals surface area (Å²) in [6.07, 6.45) is 5.30. The summed E-state index contributed by atoms with van der Waals surface area (Å²) in [6, 6.07) is 18.7. The molecule has 37 heavy (non-hydrogen) atoms. The summed E-state index contributed by atoms with van der Waals surface area (Å²) in [5.74, 6) is -0.302. The lowest BCUT2D eigenvalue weighted by Crippen LogP contribution is -2.26. The second-order valence-electron chi connectivity index (χ2n) is 9.52. The molecule has 7 nitrogen and oxygen atoms in total. The van der Waals surface area contributed by atoms with Gasteiger partial charge in [-0.1, -0.05) is 12.1 Å². The summed E-state index contributed by atoms with van der Waals surface area (Å²) in [5, 5.41) is 9.61. The van der Waals surface area contributed by atoms with Crippen molar-refractivity contribution >= 4 is 21.8 Å². The van der Waals surface area contributed by atoms with Gasteiger partial charge in [0.15, 0.2) is 0 Å². The second kappa shape index (κ2) is 9.24. The predicted molar refractivity (Wildman–Crippen MR) is 145 cm³/mol. The number of hydrogen-bond acceptors (Lipinski definition) is 5. The van der Waals surface area contributed by atoms with Crippen molar-refractivity contribution in [3.8, 4) is 33.8 Å². The molecular formula is C29H26FN7. The van der Waals surface area contributed by atoms with Crippen molar-refractivity contribution < 1.29 is 4.39 Å². The van der Waals surface area contributed by atoms with E-state index in [2.05, 4.69) is 31.2 Å². The molecule has 2 aromatic carbocycles. The molecule has 8 heteroatoms. The van der Waals surface area contributed by atoms with Crippen molar-refractivity contribution in [1.29, 1.82) is 0 Å². The average Bonchev–Trinajstić information content (AvgIpc) is 3.52. The zero-order valence-electron chi connectivity index (χ0n) is 20.5. The van der Waals surface area contributed by atoms with E-state index in [9.17, 15) is 4.39 Å². The number of pyridine rings is 2. The smallest absolute Gasteiger partial charge is 0.124 e. The first-order chi connectivity index (χ1) is 18.0. The maximum atomic E-state index is 14.7. The molecular weight excluding hydrogens is 465 g/mol. The van der Waals surface area contributed by atoms with Crippen LogP contribution in [0.5, 0.6) is 0 Å². The van der Waals surface area contributed by atoms with Gasteiger partial charge in [0, 0.05) is 46.8 Å². The number of aromatic amines is 2. The van der Waals surface area contributed by atoms with Crippen LogP contribution in [0.1, 0.15) is 11.6 Å². The minimum atomic E-state index is -0.302. The number of halogens is 1. The van der Waals surface area contributed by atoms with Gasteiger partial charge in [-0.25, -0.2) is 4.39 Å². The van der Waals surface area contributed by atoms with Crippen molar-refractivity contribution in [1.82, 2.24) is 30.0 Å². The summed E-state index contributed by atoms with van der Waals surface area (Å²) in [7, 11) is 3.91. The van der Waals surface area contributed by atoms with Crippen LogP contribution in [0.3, 0.4) is 0 Å². The van der Waals surface area contributed by atoms with E-state index in [-0.39, 0.29) is 11.9 Å². The van der Waals surface area contributed by atoms with E-state index in [4.69, 9.17) is 5.73 Å². The molecule has 0 radical (unpaired) electrons. The van der Waals surface area contributed by atoms with Crippen molar-refractivity contribution in [2.24, 2.45) is 5.73 Å². The van der Waals surface area contributed by atoms with E-state index in [0.29, 0.717) is 6.54 Å². The molecule has 6 rings (SSSR count). The summed E-state index contributed by atoms with van der Waals surface area (Å²) >= 11 is 0. The minimum Gasteiger partial charge on any atom is -0.353 e. The standard InChI is InChI=1S/C29H26FN7/c1-37(2)16-24(31)19-10-18(11-20(30)12-19)21-4-3-5-25-22(21)13-27(34-25)29-23-14-26(17-6-8-32-9-7-17)33-15-28(23)35-36-29/h3-15,24,34H,16,31H2,1-2H3,(H,35,36). The first-order valence-electron chi connectivity index (χ1n) is 12.0. The number of H-pyrrole nitrogens is 2. The van der Waals surface area contributed by atoms with Crippen LogP contribution >= 0.6 is 0 Å². The lowest BCUT2D eigenvalue weighted by atomic mass is 9.97. The predicted octanol–water partition coefficient (Wildman–Crippen LogP) is 5.54. The van der Waals surface area contributed by atoms with Gasteiger partial charge in [0.05, 0.1) is 23.1 Å². The quantitative estimate of drug-likeness (QED) is 0.284. The number of hydrogen-bond donors (Lipinski definition) is 3. The highest BCUT2D eigenvalue weighted by Gasteiger charge is 2.16. The van der Waals surface area contributed by atoms with E-state index >= 15 is 0 Å². The van der Waals surface area contributed by atoms with Crippen LogP contribution in [-0.2, 0) is 0 Å². The normalized spacial score (nSPS) is 12.6. The highest BCUT2D eigenvalue weighted by atomic mass is 19.1. The van der Waals surface area contributed by atoms with Gasteiger partial charge in [-0.2, -0.15) is 5.10 Å².